The lowest BCUT2D eigenvalue weighted by Crippen LogP contribution is -2.47. The quantitative estimate of drug-likeness (QED) is 0.479. The van der Waals surface area contributed by atoms with Gasteiger partial charge in [-0.25, -0.2) is 9.59 Å². The number of methoxy groups -OCH3 is 1. The minimum Gasteiger partial charge on any atom is -0.465 e. The SMILES string of the molecule is COCCCOC(=O)c1ccc(NC(=O)[C@@H]2[C@H](C3CCCCC3)CCN2C(=O)O)cc1. The molecule has 1 aliphatic heterocycles. The minimum absolute atomic E-state index is 0.0535. The zero-order chi connectivity index (χ0) is 22.2. The van der Waals surface area contributed by atoms with Crippen LogP contribution in [0.15, 0.2) is 24.3 Å². The van der Waals surface area contributed by atoms with Gasteiger partial charge in [0, 0.05) is 32.4 Å². The number of esters is 1. The summed E-state index contributed by atoms with van der Waals surface area (Å²) in [6, 6.07) is 5.79. The Kier molecular flexibility index (Phi) is 8.28. The Morgan fingerprint density at radius 2 is 1.77 bits per heavy atom. The van der Waals surface area contributed by atoms with Gasteiger partial charge in [0.1, 0.15) is 6.04 Å². The summed E-state index contributed by atoms with van der Waals surface area (Å²) < 4.78 is 10.1. The third-order valence-electron chi connectivity index (χ3n) is 6.33. The van der Waals surface area contributed by atoms with Gasteiger partial charge in [0.15, 0.2) is 0 Å². The van der Waals surface area contributed by atoms with E-state index >= 15 is 0 Å². The van der Waals surface area contributed by atoms with E-state index in [2.05, 4.69) is 5.32 Å². The van der Waals surface area contributed by atoms with Crippen molar-refractivity contribution in [3.05, 3.63) is 29.8 Å². The highest BCUT2D eigenvalue weighted by atomic mass is 16.5. The Morgan fingerprint density at radius 3 is 2.42 bits per heavy atom. The lowest BCUT2D eigenvalue weighted by Gasteiger charge is -2.32. The number of amides is 2. The summed E-state index contributed by atoms with van der Waals surface area (Å²) in [5.41, 5.74) is 0.920. The van der Waals surface area contributed by atoms with Crippen LogP contribution in [0.4, 0.5) is 10.5 Å². The summed E-state index contributed by atoms with van der Waals surface area (Å²) >= 11 is 0. The van der Waals surface area contributed by atoms with Gasteiger partial charge in [-0.3, -0.25) is 9.69 Å². The van der Waals surface area contributed by atoms with Gasteiger partial charge >= 0.3 is 12.1 Å². The van der Waals surface area contributed by atoms with Gasteiger partial charge in [-0.05, 0) is 42.5 Å². The molecule has 1 aliphatic carbocycles. The predicted octanol–water partition coefficient (Wildman–Crippen LogP) is 3.77. The molecule has 8 nitrogen and oxygen atoms in total. The molecule has 0 radical (unpaired) electrons. The van der Waals surface area contributed by atoms with Crippen LogP contribution >= 0.6 is 0 Å². The van der Waals surface area contributed by atoms with Crippen LogP contribution in [-0.4, -0.2) is 60.9 Å². The molecule has 2 atom stereocenters. The van der Waals surface area contributed by atoms with Crippen LogP contribution in [0, 0.1) is 11.8 Å². The first kappa shape index (κ1) is 23.1. The molecule has 2 aliphatic rings. The summed E-state index contributed by atoms with van der Waals surface area (Å²) in [5, 5.41) is 12.5. The highest BCUT2D eigenvalue weighted by Crippen LogP contribution is 2.39. The van der Waals surface area contributed by atoms with E-state index in [1.807, 2.05) is 0 Å². The van der Waals surface area contributed by atoms with E-state index in [9.17, 15) is 19.5 Å². The standard InChI is InChI=1S/C23H32N2O6/c1-30-14-5-15-31-22(27)17-8-10-18(11-9-17)24-21(26)20-19(12-13-25(20)23(28)29)16-6-3-2-4-7-16/h8-11,16,19-20H,2-7,12-15H2,1H3,(H,24,26)(H,28,29)/t19-,20-/m0/s1. The first-order chi connectivity index (χ1) is 15.0. The van der Waals surface area contributed by atoms with Crippen molar-refractivity contribution in [3.63, 3.8) is 0 Å². The molecule has 1 heterocycles. The normalized spacial score (nSPS) is 21.6. The summed E-state index contributed by atoms with van der Waals surface area (Å²) in [6.45, 7) is 1.19. The van der Waals surface area contributed by atoms with Gasteiger partial charge in [-0.15, -0.1) is 0 Å². The van der Waals surface area contributed by atoms with Crippen LogP contribution in [0.2, 0.25) is 0 Å². The van der Waals surface area contributed by atoms with Crippen molar-refractivity contribution in [2.75, 3.05) is 32.2 Å². The van der Waals surface area contributed by atoms with E-state index in [0.717, 1.165) is 32.1 Å². The molecule has 2 amide bonds. The molecule has 2 N–H and O–H groups in total. The molecule has 0 bridgehead atoms. The van der Waals surface area contributed by atoms with Gasteiger partial charge < -0.3 is 19.9 Å². The van der Waals surface area contributed by atoms with E-state index < -0.39 is 18.1 Å². The van der Waals surface area contributed by atoms with Crippen molar-refractivity contribution in [1.29, 1.82) is 0 Å². The molecule has 170 valence electrons. The molecule has 1 saturated heterocycles. The summed E-state index contributed by atoms with van der Waals surface area (Å²) in [5.74, 6) is -0.286. The van der Waals surface area contributed by atoms with Gasteiger partial charge in [0.2, 0.25) is 5.91 Å². The summed E-state index contributed by atoms with van der Waals surface area (Å²) in [4.78, 5) is 38.2. The van der Waals surface area contributed by atoms with E-state index in [1.165, 1.54) is 11.3 Å². The van der Waals surface area contributed by atoms with Crippen LogP contribution in [0.1, 0.15) is 55.3 Å². The van der Waals surface area contributed by atoms with Crippen molar-refractivity contribution in [2.45, 2.75) is 51.0 Å². The van der Waals surface area contributed by atoms with E-state index in [0.29, 0.717) is 36.7 Å². The largest absolute Gasteiger partial charge is 0.465 e. The zero-order valence-corrected chi connectivity index (χ0v) is 18.0. The average molecular weight is 433 g/mol. The van der Waals surface area contributed by atoms with Gasteiger partial charge in [-0.1, -0.05) is 32.1 Å². The number of rotatable bonds is 8. The zero-order valence-electron chi connectivity index (χ0n) is 18.0. The second-order valence-electron chi connectivity index (χ2n) is 8.32. The molecule has 31 heavy (non-hydrogen) atoms. The van der Waals surface area contributed by atoms with Crippen LogP contribution < -0.4 is 5.32 Å². The fourth-order valence-electron chi connectivity index (χ4n) is 4.78. The van der Waals surface area contributed by atoms with Crippen molar-refractivity contribution in [1.82, 2.24) is 4.90 Å². The third-order valence-corrected chi connectivity index (χ3v) is 6.33. The lowest BCUT2D eigenvalue weighted by molar-refractivity contribution is -0.121. The fourth-order valence-corrected chi connectivity index (χ4v) is 4.78. The van der Waals surface area contributed by atoms with Crippen LogP contribution in [-0.2, 0) is 14.3 Å². The number of carbonyl (C=O) groups is 3. The van der Waals surface area contributed by atoms with Crippen LogP contribution in [0.3, 0.4) is 0 Å². The topological polar surface area (TPSA) is 105 Å². The summed E-state index contributed by atoms with van der Waals surface area (Å²) in [6.07, 6.45) is 5.92. The maximum Gasteiger partial charge on any atom is 0.407 e. The number of hydrogen-bond donors (Lipinski definition) is 2. The first-order valence-electron chi connectivity index (χ1n) is 11.1. The monoisotopic (exact) mass is 432 g/mol. The number of ether oxygens (including phenoxy) is 2. The van der Waals surface area contributed by atoms with E-state index in [1.54, 1.807) is 31.4 Å². The maximum absolute atomic E-state index is 13.1. The first-order valence-corrected chi connectivity index (χ1v) is 11.1. The third kappa shape index (κ3) is 5.97. The highest BCUT2D eigenvalue weighted by molar-refractivity contribution is 5.97. The van der Waals surface area contributed by atoms with Gasteiger partial charge in [0.25, 0.3) is 0 Å². The molecule has 1 aromatic carbocycles. The second kappa shape index (κ2) is 11.1. The van der Waals surface area contributed by atoms with Crippen molar-refractivity contribution in [2.24, 2.45) is 11.8 Å². The molecular formula is C23H32N2O6. The number of carbonyl (C=O) groups excluding carboxylic acids is 2. The van der Waals surface area contributed by atoms with Crippen LogP contribution in [0.5, 0.6) is 0 Å². The predicted molar refractivity (Wildman–Crippen MR) is 115 cm³/mol. The van der Waals surface area contributed by atoms with Gasteiger partial charge in [0.05, 0.1) is 12.2 Å². The molecule has 1 saturated carbocycles. The molecule has 0 unspecified atom stereocenters. The minimum atomic E-state index is -1.05. The van der Waals surface area contributed by atoms with Gasteiger partial charge in [-0.2, -0.15) is 0 Å². The molecule has 8 heteroatoms. The van der Waals surface area contributed by atoms with E-state index in [-0.39, 0.29) is 18.4 Å². The van der Waals surface area contributed by atoms with Crippen LogP contribution in [0.25, 0.3) is 0 Å². The number of anilines is 1. The fraction of sp³-hybridized carbons (Fsp3) is 0.609. The molecule has 0 aromatic heterocycles. The molecule has 3 rings (SSSR count). The maximum atomic E-state index is 13.1. The Labute approximate surface area is 182 Å². The summed E-state index contributed by atoms with van der Waals surface area (Å²) in [7, 11) is 1.59. The number of nitrogens with zero attached hydrogens (tertiary/aromatic N) is 1. The van der Waals surface area contributed by atoms with Crippen molar-refractivity contribution < 1.29 is 29.0 Å². The Balaban J connectivity index is 1.62. The highest BCUT2D eigenvalue weighted by Gasteiger charge is 2.45. The number of carboxylic acid groups (broad SMARTS) is 1. The number of benzene rings is 1. The molecule has 0 spiro atoms. The Hall–Kier alpha value is -2.61. The smallest absolute Gasteiger partial charge is 0.407 e. The molecule has 2 fully saturated rings. The Bertz CT molecular complexity index is 760. The molecular weight excluding hydrogens is 400 g/mol. The average Bonchev–Trinajstić information content (AvgIpc) is 3.23. The number of likely N-dealkylation sites (tertiary alicyclic amines) is 1. The van der Waals surface area contributed by atoms with E-state index in [4.69, 9.17) is 9.47 Å². The van der Waals surface area contributed by atoms with Crippen molar-refractivity contribution in [3.8, 4) is 0 Å². The second-order valence-corrected chi connectivity index (χ2v) is 8.32. The Morgan fingerprint density at radius 1 is 1.06 bits per heavy atom. The molecule has 1 aromatic rings. The number of nitrogens with one attached hydrogen (secondary N) is 1. The number of hydrogen-bond acceptors (Lipinski definition) is 5. The lowest BCUT2D eigenvalue weighted by atomic mass is 9.76. The van der Waals surface area contributed by atoms with Crippen molar-refractivity contribution >= 4 is 23.7 Å².